The van der Waals surface area contributed by atoms with Gasteiger partial charge in [0.2, 0.25) is 0 Å². The molecule has 0 aliphatic carbocycles. The molecule has 0 unspecified atom stereocenters. The third kappa shape index (κ3) is 1.93. The lowest BCUT2D eigenvalue weighted by molar-refractivity contribution is -0.384. The summed E-state index contributed by atoms with van der Waals surface area (Å²) < 4.78 is 5.34. The lowest BCUT2D eigenvalue weighted by Crippen LogP contribution is -2.48. The Hall–Kier alpha value is -1.66. The number of nitro benzene ring substituents is 1. The van der Waals surface area contributed by atoms with Crippen LogP contribution in [0.3, 0.4) is 0 Å². The summed E-state index contributed by atoms with van der Waals surface area (Å²) in [6.45, 7) is 4.17. The van der Waals surface area contributed by atoms with Gasteiger partial charge in [0.15, 0.2) is 0 Å². The number of fused-ring (bicyclic) bond motifs is 1. The Kier molecular flexibility index (Phi) is 2.89. The SMILES string of the molecule is O=[N+]([O-])c1ccc2c(c1)CCN2N1CCOCC1. The van der Waals surface area contributed by atoms with E-state index in [0.717, 1.165) is 50.5 Å². The zero-order valence-electron chi connectivity index (χ0n) is 10.0. The number of hydrogen-bond acceptors (Lipinski definition) is 5. The normalized spacial score (nSPS) is 19.9. The van der Waals surface area contributed by atoms with E-state index in [2.05, 4.69) is 10.0 Å². The summed E-state index contributed by atoms with van der Waals surface area (Å²) in [6, 6.07) is 5.13. The molecule has 0 atom stereocenters. The summed E-state index contributed by atoms with van der Waals surface area (Å²) in [7, 11) is 0. The minimum Gasteiger partial charge on any atom is -0.379 e. The maximum Gasteiger partial charge on any atom is 0.269 e. The predicted molar refractivity (Wildman–Crippen MR) is 66.5 cm³/mol. The monoisotopic (exact) mass is 249 g/mol. The van der Waals surface area contributed by atoms with Crippen molar-refractivity contribution < 1.29 is 9.66 Å². The Bertz CT molecular complexity index is 472. The van der Waals surface area contributed by atoms with Gasteiger partial charge in [0.25, 0.3) is 5.69 Å². The van der Waals surface area contributed by atoms with Crippen LogP contribution in [0.2, 0.25) is 0 Å². The number of nitro groups is 1. The Morgan fingerprint density at radius 3 is 2.72 bits per heavy atom. The van der Waals surface area contributed by atoms with Crippen LogP contribution in [0.5, 0.6) is 0 Å². The summed E-state index contributed by atoms with van der Waals surface area (Å²) in [4.78, 5) is 10.4. The summed E-state index contributed by atoms with van der Waals surface area (Å²) in [6.07, 6.45) is 0.869. The molecule has 0 radical (unpaired) electrons. The first-order valence-electron chi connectivity index (χ1n) is 6.13. The van der Waals surface area contributed by atoms with Crippen molar-refractivity contribution in [2.24, 2.45) is 0 Å². The number of morpholine rings is 1. The van der Waals surface area contributed by atoms with Crippen molar-refractivity contribution in [1.82, 2.24) is 5.01 Å². The quantitative estimate of drug-likeness (QED) is 0.582. The van der Waals surface area contributed by atoms with E-state index in [4.69, 9.17) is 4.74 Å². The fourth-order valence-corrected chi connectivity index (χ4v) is 2.57. The van der Waals surface area contributed by atoms with E-state index in [-0.39, 0.29) is 10.6 Å². The Morgan fingerprint density at radius 1 is 1.22 bits per heavy atom. The first-order chi connectivity index (χ1) is 8.75. The fraction of sp³-hybridized carbons (Fsp3) is 0.500. The summed E-state index contributed by atoms with van der Waals surface area (Å²) in [5.74, 6) is 0. The van der Waals surface area contributed by atoms with Crippen molar-refractivity contribution in [2.45, 2.75) is 6.42 Å². The number of hydrogen-bond donors (Lipinski definition) is 0. The van der Waals surface area contributed by atoms with Crippen molar-refractivity contribution in [3.63, 3.8) is 0 Å². The number of anilines is 1. The number of hydrazine groups is 1. The second-order valence-electron chi connectivity index (χ2n) is 4.51. The second-order valence-corrected chi connectivity index (χ2v) is 4.51. The van der Waals surface area contributed by atoms with E-state index in [0.29, 0.717) is 0 Å². The molecule has 0 saturated carbocycles. The Balaban J connectivity index is 1.85. The van der Waals surface area contributed by atoms with Crippen molar-refractivity contribution in [3.05, 3.63) is 33.9 Å². The van der Waals surface area contributed by atoms with Gasteiger partial charge in [0.1, 0.15) is 0 Å². The van der Waals surface area contributed by atoms with Crippen molar-refractivity contribution in [1.29, 1.82) is 0 Å². The van der Waals surface area contributed by atoms with Crippen molar-refractivity contribution in [2.75, 3.05) is 37.9 Å². The maximum atomic E-state index is 10.7. The molecule has 0 amide bonds. The average molecular weight is 249 g/mol. The van der Waals surface area contributed by atoms with E-state index in [1.54, 1.807) is 12.1 Å². The van der Waals surface area contributed by atoms with Crippen molar-refractivity contribution >= 4 is 11.4 Å². The van der Waals surface area contributed by atoms with Crippen LogP contribution in [0.15, 0.2) is 18.2 Å². The van der Waals surface area contributed by atoms with E-state index in [1.165, 1.54) is 0 Å². The van der Waals surface area contributed by atoms with Crippen LogP contribution in [0.4, 0.5) is 11.4 Å². The van der Waals surface area contributed by atoms with E-state index < -0.39 is 0 Å². The maximum absolute atomic E-state index is 10.7. The van der Waals surface area contributed by atoms with Crippen LogP contribution in [0.1, 0.15) is 5.56 Å². The summed E-state index contributed by atoms with van der Waals surface area (Å²) in [5.41, 5.74) is 2.34. The van der Waals surface area contributed by atoms with Gasteiger partial charge >= 0.3 is 0 Å². The number of non-ortho nitro benzene ring substituents is 1. The van der Waals surface area contributed by atoms with E-state index in [1.807, 2.05) is 6.07 Å². The van der Waals surface area contributed by atoms with Gasteiger partial charge in [0.05, 0.1) is 23.8 Å². The molecular weight excluding hydrogens is 234 g/mol. The largest absolute Gasteiger partial charge is 0.379 e. The molecule has 1 aromatic carbocycles. The van der Waals surface area contributed by atoms with Crippen LogP contribution in [-0.4, -0.2) is 42.8 Å². The molecule has 0 spiro atoms. The molecule has 2 heterocycles. The van der Waals surface area contributed by atoms with Gasteiger partial charge in [-0.1, -0.05) is 0 Å². The summed E-state index contributed by atoms with van der Waals surface area (Å²) >= 11 is 0. The minimum atomic E-state index is -0.336. The fourth-order valence-electron chi connectivity index (χ4n) is 2.57. The third-order valence-corrected chi connectivity index (χ3v) is 3.47. The number of nitrogens with zero attached hydrogens (tertiary/aromatic N) is 3. The molecule has 6 nitrogen and oxygen atoms in total. The third-order valence-electron chi connectivity index (χ3n) is 3.47. The standard InChI is InChI=1S/C12H15N3O3/c16-15(17)11-1-2-12-10(9-11)3-4-14(12)13-5-7-18-8-6-13/h1-2,9H,3-8H2. The zero-order valence-corrected chi connectivity index (χ0v) is 10.0. The first kappa shape index (κ1) is 11.4. The van der Waals surface area contributed by atoms with Crippen LogP contribution in [0, 0.1) is 10.1 Å². The molecular formula is C12H15N3O3. The summed E-state index contributed by atoms with van der Waals surface area (Å²) in [5, 5.41) is 15.2. The molecule has 2 aliphatic heterocycles. The number of rotatable bonds is 2. The predicted octanol–water partition coefficient (Wildman–Crippen LogP) is 1.20. The van der Waals surface area contributed by atoms with Gasteiger partial charge in [-0.15, -0.1) is 0 Å². The highest BCUT2D eigenvalue weighted by Gasteiger charge is 2.27. The minimum absolute atomic E-state index is 0.178. The molecule has 1 saturated heterocycles. The Morgan fingerprint density at radius 2 is 2.00 bits per heavy atom. The highest BCUT2D eigenvalue weighted by atomic mass is 16.6. The molecule has 96 valence electrons. The van der Waals surface area contributed by atoms with Gasteiger partial charge in [0, 0.05) is 31.8 Å². The van der Waals surface area contributed by atoms with Gasteiger partial charge in [-0.2, -0.15) is 0 Å². The topological polar surface area (TPSA) is 58.9 Å². The number of ether oxygens (including phenoxy) is 1. The van der Waals surface area contributed by atoms with E-state index >= 15 is 0 Å². The van der Waals surface area contributed by atoms with Gasteiger partial charge < -0.3 is 9.75 Å². The van der Waals surface area contributed by atoms with Crippen LogP contribution in [0.25, 0.3) is 0 Å². The molecule has 0 N–H and O–H groups in total. The molecule has 0 aromatic heterocycles. The zero-order chi connectivity index (χ0) is 12.5. The molecule has 3 rings (SSSR count). The second kappa shape index (κ2) is 4.55. The number of benzene rings is 1. The van der Waals surface area contributed by atoms with Crippen LogP contribution < -0.4 is 5.01 Å². The van der Waals surface area contributed by atoms with Gasteiger partial charge in [-0.3, -0.25) is 10.1 Å². The highest BCUT2D eigenvalue weighted by molar-refractivity contribution is 5.60. The van der Waals surface area contributed by atoms with Crippen LogP contribution in [-0.2, 0) is 11.2 Å². The first-order valence-corrected chi connectivity index (χ1v) is 6.13. The molecule has 2 aliphatic rings. The smallest absolute Gasteiger partial charge is 0.269 e. The molecule has 0 bridgehead atoms. The van der Waals surface area contributed by atoms with Crippen LogP contribution >= 0.6 is 0 Å². The molecule has 1 fully saturated rings. The molecule has 6 heteroatoms. The lowest BCUT2D eigenvalue weighted by atomic mass is 10.1. The van der Waals surface area contributed by atoms with Gasteiger partial charge in [-0.25, -0.2) is 5.01 Å². The molecule has 18 heavy (non-hydrogen) atoms. The van der Waals surface area contributed by atoms with E-state index in [9.17, 15) is 10.1 Å². The average Bonchev–Trinajstić information content (AvgIpc) is 2.82. The van der Waals surface area contributed by atoms with Gasteiger partial charge in [-0.05, 0) is 18.1 Å². The highest BCUT2D eigenvalue weighted by Crippen LogP contribution is 2.32. The lowest BCUT2D eigenvalue weighted by Gasteiger charge is -2.36. The Labute approximate surface area is 105 Å². The van der Waals surface area contributed by atoms with Crippen molar-refractivity contribution in [3.8, 4) is 0 Å². The molecule has 1 aromatic rings.